The summed E-state index contributed by atoms with van der Waals surface area (Å²) in [7, 11) is -9.19. The van der Waals surface area contributed by atoms with E-state index in [1.807, 2.05) is 30.5 Å². The van der Waals surface area contributed by atoms with Crippen molar-refractivity contribution in [2.75, 3.05) is 17.2 Å². The number of rotatable bonds is 14. The summed E-state index contributed by atoms with van der Waals surface area (Å²) < 4.78 is 75.9. The molecule has 12 nitrogen and oxygen atoms in total. The molecule has 0 radical (unpaired) electrons. The van der Waals surface area contributed by atoms with E-state index in [2.05, 4.69) is 18.4 Å². The molecule has 0 amide bonds. The first-order valence-corrected chi connectivity index (χ1v) is 17.0. The average molecular weight is 684 g/mol. The first-order valence-electron chi connectivity index (χ1n) is 14.0. The minimum absolute atomic E-state index is 0. The monoisotopic (exact) mass is 683 g/mol. The van der Waals surface area contributed by atoms with E-state index in [9.17, 15) is 30.7 Å². The minimum Gasteiger partial charge on any atom is -0.748 e. The van der Waals surface area contributed by atoms with Crippen LogP contribution in [0.3, 0.4) is 0 Å². The van der Waals surface area contributed by atoms with Gasteiger partial charge in [0, 0.05) is 18.7 Å². The number of ether oxygens (including phenoxy) is 1. The summed E-state index contributed by atoms with van der Waals surface area (Å²) in [6, 6.07) is 7.68. The first kappa shape index (κ1) is 37.2. The van der Waals surface area contributed by atoms with Crippen LogP contribution in [0, 0.1) is 0 Å². The fraction of sp³-hybridized carbons (Fsp3) is 0.367. The molecule has 236 valence electrons. The van der Waals surface area contributed by atoms with Crippen molar-refractivity contribution >= 4 is 43.4 Å². The van der Waals surface area contributed by atoms with Crippen LogP contribution < -0.4 is 65.6 Å². The number of hydrogen-bond donors (Lipinski definition) is 1. The zero-order valence-corrected chi connectivity index (χ0v) is 30.1. The third-order valence-corrected chi connectivity index (χ3v) is 8.97. The van der Waals surface area contributed by atoms with Crippen molar-refractivity contribution < 1.29 is 96.5 Å². The molecule has 2 aliphatic rings. The van der Waals surface area contributed by atoms with Gasteiger partial charge in [0.2, 0.25) is 5.88 Å². The number of hydrogen-bond acceptors (Lipinski definition) is 10. The number of aromatic nitrogens is 1. The molecule has 0 saturated heterocycles. The predicted octanol–water partition coefficient (Wildman–Crippen LogP) is 0.679. The maximum absolute atomic E-state index is 11.5. The maximum Gasteiger partial charge on any atom is 1.00 e. The fourth-order valence-electron chi connectivity index (χ4n) is 5.05. The number of unbranched alkanes of at least 4 members (excludes halogenated alkanes) is 2. The molecular weight excluding hydrogens is 650 g/mol. The van der Waals surface area contributed by atoms with E-state index in [-0.39, 0.29) is 93.5 Å². The Kier molecular flexibility index (Phi) is 12.9. The van der Waals surface area contributed by atoms with Crippen molar-refractivity contribution in [1.82, 2.24) is 0 Å². The van der Waals surface area contributed by atoms with Gasteiger partial charge in [0.05, 0.1) is 44.4 Å². The molecule has 4 rings (SSSR count). The molecule has 1 N–H and O–H groups in total. The molecule has 0 bridgehead atoms. The van der Waals surface area contributed by atoms with Gasteiger partial charge >= 0.3 is 63.2 Å². The molecular formula is C30H34KN3O9S2. The van der Waals surface area contributed by atoms with Gasteiger partial charge in [-0.2, -0.15) is 0 Å². The molecule has 1 aromatic heterocycles. The summed E-state index contributed by atoms with van der Waals surface area (Å²) in [6.07, 6.45) is 13.2. The van der Waals surface area contributed by atoms with Crippen molar-refractivity contribution in [3.63, 3.8) is 0 Å². The van der Waals surface area contributed by atoms with E-state index in [0.717, 1.165) is 48.6 Å². The molecule has 0 aliphatic carbocycles. The van der Waals surface area contributed by atoms with Gasteiger partial charge in [-0.15, -0.1) is 0 Å². The van der Waals surface area contributed by atoms with Crippen molar-refractivity contribution in [3.05, 3.63) is 78.4 Å². The summed E-state index contributed by atoms with van der Waals surface area (Å²) in [5.41, 5.74) is 1.87. The summed E-state index contributed by atoms with van der Waals surface area (Å²) in [4.78, 5) is 16.7. The van der Waals surface area contributed by atoms with Crippen molar-refractivity contribution in [2.24, 2.45) is 4.99 Å². The minimum atomic E-state index is -4.74. The summed E-state index contributed by atoms with van der Waals surface area (Å²) in [6.45, 7) is 4.94. The molecule has 0 atom stereocenters. The third-order valence-electron chi connectivity index (χ3n) is 7.35. The molecule has 0 saturated carbocycles. The van der Waals surface area contributed by atoms with Crippen LogP contribution in [0.1, 0.15) is 51.5 Å². The van der Waals surface area contributed by atoms with E-state index >= 15 is 0 Å². The van der Waals surface area contributed by atoms with E-state index in [1.165, 1.54) is 11.0 Å². The number of anilines is 1. The second-order valence-corrected chi connectivity index (χ2v) is 13.9. The van der Waals surface area contributed by atoms with Gasteiger partial charge in [-0.3, -0.25) is 4.79 Å². The standard InChI is InChI=1S/C30H35N3O9S2.K/c1-30(2)23-11-9-18-32(17-8-4-7-14-28(34)35)29(23)31-26(30)12-5-3-6-13-27-33(19-10-20-43(36,37)38)24-21-22(44(39,40)41)15-16-25(24)42-27;/h3,5-6,9,11-13,15-16,18,21H,4,7-8,10,14,17,19-20H2,1-2H3,(H2-,34,35,36,37,38,39,40,41);/q;+1/p-1. The van der Waals surface area contributed by atoms with Crippen LogP contribution in [0.2, 0.25) is 0 Å². The topological polar surface area (TPSA) is 180 Å². The van der Waals surface area contributed by atoms with Gasteiger partial charge in [-0.25, -0.2) is 21.4 Å². The number of aliphatic carboxylic acids is 1. The zero-order valence-electron chi connectivity index (χ0n) is 25.4. The number of fused-ring (bicyclic) bond motifs is 2. The number of benzene rings is 1. The average Bonchev–Trinajstić information content (AvgIpc) is 3.40. The number of carbonyl (C=O) groups is 1. The van der Waals surface area contributed by atoms with Crippen LogP contribution >= 0.6 is 0 Å². The quantitative estimate of drug-likeness (QED) is 0.0978. The molecule has 0 unspecified atom stereocenters. The second kappa shape index (κ2) is 15.6. The number of aliphatic imine (C=N–C) groups is 1. The maximum atomic E-state index is 11.5. The predicted molar refractivity (Wildman–Crippen MR) is 161 cm³/mol. The Labute approximate surface area is 306 Å². The molecule has 2 aliphatic heterocycles. The molecule has 0 fully saturated rings. The van der Waals surface area contributed by atoms with Gasteiger partial charge < -0.3 is 23.8 Å². The number of carboxylic acids is 1. The first-order chi connectivity index (χ1) is 20.7. The largest absolute Gasteiger partial charge is 1.00 e. The number of aryl methyl sites for hydroxylation is 1. The van der Waals surface area contributed by atoms with E-state index in [1.54, 1.807) is 18.2 Å². The molecule has 45 heavy (non-hydrogen) atoms. The molecule has 0 spiro atoms. The normalized spacial score (nSPS) is 16.5. The van der Waals surface area contributed by atoms with Gasteiger partial charge in [-0.05, 0) is 87.0 Å². The Hall–Kier alpha value is -2.21. The van der Waals surface area contributed by atoms with Gasteiger partial charge in [0.25, 0.3) is 0 Å². The van der Waals surface area contributed by atoms with Gasteiger partial charge in [-0.1, -0.05) is 18.2 Å². The fourth-order valence-corrected chi connectivity index (χ4v) is 6.02. The van der Waals surface area contributed by atoms with Crippen LogP contribution in [0.25, 0.3) is 0 Å². The molecule has 3 heterocycles. The van der Waals surface area contributed by atoms with Crippen molar-refractivity contribution in [1.29, 1.82) is 0 Å². The Bertz CT molecular complexity index is 1770. The summed E-state index contributed by atoms with van der Waals surface area (Å²) in [5.74, 6) is 0.0185. The van der Waals surface area contributed by atoms with E-state index in [0.29, 0.717) is 6.42 Å². The third kappa shape index (κ3) is 9.89. The Balaban J connectivity index is 0.00000552. The summed E-state index contributed by atoms with van der Waals surface area (Å²) >= 11 is 0. The number of pyridine rings is 1. The SMILES string of the molecule is CC1(C)C(/C=C/C=C/C=C2\Oc3ccc(S(=O)(=O)[O-])cc3N2CCCS(=O)(=O)[O-])=Nc2c1ccc[n+]2CCCCCC(=O)O.[K+]. The van der Waals surface area contributed by atoms with E-state index < -0.39 is 36.9 Å². The van der Waals surface area contributed by atoms with Gasteiger partial charge in [0.1, 0.15) is 10.1 Å². The van der Waals surface area contributed by atoms with Crippen LogP contribution in [0.5, 0.6) is 5.75 Å². The number of nitrogens with zero attached hydrogens (tertiary/aromatic N) is 3. The van der Waals surface area contributed by atoms with Crippen LogP contribution in [0.4, 0.5) is 11.5 Å². The van der Waals surface area contributed by atoms with Crippen LogP contribution in [0.15, 0.2) is 82.7 Å². The Morgan fingerprint density at radius 1 is 1.07 bits per heavy atom. The Morgan fingerprint density at radius 3 is 2.51 bits per heavy atom. The number of carboxylic acid groups (broad SMARTS) is 1. The van der Waals surface area contributed by atoms with Crippen molar-refractivity contribution in [3.8, 4) is 5.75 Å². The van der Waals surface area contributed by atoms with Crippen LogP contribution in [-0.2, 0) is 37.0 Å². The summed E-state index contributed by atoms with van der Waals surface area (Å²) in [5, 5.41) is 8.84. The second-order valence-electron chi connectivity index (χ2n) is 11.0. The smallest absolute Gasteiger partial charge is 0.748 e. The molecule has 15 heteroatoms. The van der Waals surface area contributed by atoms with Crippen LogP contribution in [-0.4, -0.2) is 55.0 Å². The Morgan fingerprint density at radius 2 is 1.82 bits per heavy atom. The number of allylic oxidation sites excluding steroid dienone is 5. The van der Waals surface area contributed by atoms with Gasteiger partial charge in [0.15, 0.2) is 11.5 Å². The zero-order chi connectivity index (χ0) is 32.1. The molecule has 2 aromatic rings. The van der Waals surface area contributed by atoms with E-state index in [4.69, 9.17) is 14.8 Å². The van der Waals surface area contributed by atoms with Crippen molar-refractivity contribution in [2.45, 2.75) is 62.8 Å². The molecule has 1 aromatic carbocycles.